The second-order valence-corrected chi connectivity index (χ2v) is 8.23. The largest absolute Gasteiger partial charge is 0.347 e. The summed E-state index contributed by atoms with van der Waals surface area (Å²) >= 11 is 1.57. The first-order chi connectivity index (χ1) is 11.6. The Balaban J connectivity index is 1.93. The van der Waals surface area contributed by atoms with Gasteiger partial charge in [0.25, 0.3) is 5.91 Å². The Bertz CT molecular complexity index is 747. The smallest absolute Gasteiger partial charge is 0.321 e. The molecule has 134 valence electrons. The Morgan fingerprint density at radius 1 is 1.20 bits per heavy atom. The molecular weight excluding hydrogens is 336 g/mol. The molecule has 0 saturated carbocycles. The van der Waals surface area contributed by atoms with Gasteiger partial charge in [0, 0.05) is 34.9 Å². The van der Waals surface area contributed by atoms with E-state index in [-0.39, 0.29) is 17.5 Å². The van der Waals surface area contributed by atoms with Gasteiger partial charge in [-0.05, 0) is 52.0 Å². The third kappa shape index (κ3) is 5.86. The quantitative estimate of drug-likeness (QED) is 0.874. The molecule has 0 aliphatic heterocycles. The summed E-state index contributed by atoms with van der Waals surface area (Å²) in [4.78, 5) is 31.2. The molecule has 2 N–H and O–H groups in total. The van der Waals surface area contributed by atoms with Crippen LogP contribution in [0.1, 0.15) is 41.0 Å². The lowest BCUT2D eigenvalue weighted by Crippen LogP contribution is -2.40. The number of hydrogen-bond donors (Lipinski definition) is 2. The van der Waals surface area contributed by atoms with Crippen molar-refractivity contribution in [3.8, 4) is 0 Å². The summed E-state index contributed by atoms with van der Waals surface area (Å²) in [7, 11) is 1.73. The van der Waals surface area contributed by atoms with E-state index in [0.29, 0.717) is 17.8 Å². The van der Waals surface area contributed by atoms with Crippen LogP contribution < -0.4 is 10.6 Å². The van der Waals surface area contributed by atoms with Crippen LogP contribution >= 0.6 is 11.3 Å². The second-order valence-electron chi connectivity index (χ2n) is 6.91. The lowest BCUT2D eigenvalue weighted by Gasteiger charge is -2.20. The number of hydrogen-bond acceptors (Lipinski definition) is 4. The highest BCUT2D eigenvalue weighted by Crippen LogP contribution is 2.15. The first kappa shape index (κ1) is 18.9. The van der Waals surface area contributed by atoms with Crippen LogP contribution in [-0.4, -0.2) is 34.4 Å². The van der Waals surface area contributed by atoms with Gasteiger partial charge in [0.2, 0.25) is 0 Å². The normalized spacial score (nSPS) is 11.1. The highest BCUT2D eigenvalue weighted by atomic mass is 32.1. The molecule has 1 aromatic heterocycles. The average molecular weight is 360 g/mol. The van der Waals surface area contributed by atoms with Gasteiger partial charge in [0.05, 0.1) is 11.6 Å². The Morgan fingerprint density at radius 3 is 2.36 bits per heavy atom. The maximum atomic E-state index is 12.2. The van der Waals surface area contributed by atoms with Crippen LogP contribution in [0.5, 0.6) is 0 Å². The molecule has 0 aliphatic carbocycles. The topological polar surface area (TPSA) is 74.3 Å². The summed E-state index contributed by atoms with van der Waals surface area (Å²) in [6.45, 7) is 8.23. The van der Waals surface area contributed by atoms with Crippen molar-refractivity contribution in [3.63, 3.8) is 0 Å². The van der Waals surface area contributed by atoms with Gasteiger partial charge in [0.1, 0.15) is 0 Å². The number of anilines is 1. The fourth-order valence-corrected chi connectivity index (χ4v) is 2.97. The number of urea groups is 1. The zero-order valence-corrected chi connectivity index (χ0v) is 16.0. The van der Waals surface area contributed by atoms with E-state index >= 15 is 0 Å². The summed E-state index contributed by atoms with van der Waals surface area (Å²) < 4.78 is 0. The lowest BCUT2D eigenvalue weighted by molar-refractivity contribution is 0.0919. The van der Waals surface area contributed by atoms with Crippen LogP contribution in [0.25, 0.3) is 0 Å². The highest BCUT2D eigenvalue weighted by molar-refractivity contribution is 7.11. The number of aromatic nitrogens is 1. The Labute approximate surface area is 152 Å². The van der Waals surface area contributed by atoms with Crippen molar-refractivity contribution < 1.29 is 9.59 Å². The number of thiazole rings is 1. The Morgan fingerprint density at radius 2 is 1.84 bits per heavy atom. The Kier molecular flexibility index (Phi) is 5.79. The van der Waals surface area contributed by atoms with Gasteiger partial charge in [-0.15, -0.1) is 11.3 Å². The van der Waals surface area contributed by atoms with E-state index in [1.165, 1.54) is 0 Å². The molecule has 1 aromatic carbocycles. The summed E-state index contributed by atoms with van der Waals surface area (Å²) in [6, 6.07) is 6.63. The van der Waals surface area contributed by atoms with E-state index in [4.69, 9.17) is 0 Å². The van der Waals surface area contributed by atoms with Gasteiger partial charge in [-0.1, -0.05) is 0 Å². The minimum absolute atomic E-state index is 0.136. The van der Waals surface area contributed by atoms with Gasteiger partial charge in [-0.25, -0.2) is 9.78 Å². The molecule has 1 heterocycles. The number of carbonyl (C=O) groups is 2. The zero-order chi connectivity index (χ0) is 18.6. The average Bonchev–Trinajstić information content (AvgIpc) is 2.91. The number of nitrogens with zero attached hydrogens (tertiary/aromatic N) is 2. The molecule has 0 spiro atoms. The molecule has 0 unspecified atom stereocenters. The third-order valence-corrected chi connectivity index (χ3v) is 4.19. The molecule has 3 amide bonds. The van der Waals surface area contributed by atoms with Crippen molar-refractivity contribution in [1.29, 1.82) is 0 Å². The van der Waals surface area contributed by atoms with Gasteiger partial charge >= 0.3 is 6.03 Å². The van der Waals surface area contributed by atoms with Crippen molar-refractivity contribution in [2.45, 2.75) is 39.8 Å². The fraction of sp³-hybridized carbons (Fsp3) is 0.389. The second kappa shape index (κ2) is 7.65. The molecule has 0 aliphatic rings. The minimum Gasteiger partial charge on any atom is -0.347 e. The number of nitrogens with one attached hydrogen (secondary N) is 2. The predicted octanol–water partition coefficient (Wildman–Crippen LogP) is 3.64. The number of rotatable bonds is 4. The Hall–Kier alpha value is -2.41. The van der Waals surface area contributed by atoms with Gasteiger partial charge in [0.15, 0.2) is 0 Å². The standard InChI is InChI=1S/C18H24N4O2S/c1-12-19-10-15(25-12)11-22(5)17(24)20-14-8-6-13(7-9-14)16(23)21-18(2,3)4/h6-10H,11H2,1-5H3,(H,20,24)(H,21,23). The summed E-state index contributed by atoms with van der Waals surface area (Å²) in [5.74, 6) is -0.136. The van der Waals surface area contributed by atoms with Crippen molar-refractivity contribution in [3.05, 3.63) is 45.9 Å². The first-order valence-electron chi connectivity index (χ1n) is 8.00. The molecule has 0 fully saturated rings. The van der Waals surface area contributed by atoms with Crippen LogP contribution in [0, 0.1) is 6.92 Å². The van der Waals surface area contributed by atoms with Crippen LogP contribution in [0.2, 0.25) is 0 Å². The van der Waals surface area contributed by atoms with E-state index in [2.05, 4.69) is 15.6 Å². The van der Waals surface area contributed by atoms with Crippen LogP contribution in [0.4, 0.5) is 10.5 Å². The van der Waals surface area contributed by atoms with E-state index in [1.807, 2.05) is 27.7 Å². The molecule has 7 heteroatoms. The van der Waals surface area contributed by atoms with Crippen molar-refractivity contribution in [2.24, 2.45) is 0 Å². The number of aryl methyl sites for hydroxylation is 1. The molecule has 0 bridgehead atoms. The molecule has 25 heavy (non-hydrogen) atoms. The van der Waals surface area contributed by atoms with Crippen molar-refractivity contribution in [1.82, 2.24) is 15.2 Å². The number of benzene rings is 1. The number of carbonyl (C=O) groups excluding carboxylic acids is 2. The molecule has 2 aromatic rings. The summed E-state index contributed by atoms with van der Waals surface area (Å²) in [5.41, 5.74) is 0.910. The lowest BCUT2D eigenvalue weighted by atomic mass is 10.1. The van der Waals surface area contributed by atoms with E-state index in [0.717, 1.165) is 9.88 Å². The maximum absolute atomic E-state index is 12.2. The fourth-order valence-electron chi connectivity index (χ4n) is 2.12. The van der Waals surface area contributed by atoms with Crippen molar-refractivity contribution >= 4 is 29.0 Å². The van der Waals surface area contributed by atoms with E-state index in [1.54, 1.807) is 53.7 Å². The monoisotopic (exact) mass is 360 g/mol. The molecular formula is C18H24N4O2S. The molecule has 0 saturated heterocycles. The molecule has 0 atom stereocenters. The molecule has 2 rings (SSSR count). The van der Waals surface area contributed by atoms with Crippen LogP contribution in [0.3, 0.4) is 0 Å². The zero-order valence-electron chi connectivity index (χ0n) is 15.2. The maximum Gasteiger partial charge on any atom is 0.321 e. The summed E-state index contributed by atoms with van der Waals surface area (Å²) in [6.07, 6.45) is 1.78. The van der Waals surface area contributed by atoms with Gasteiger partial charge in [-0.2, -0.15) is 0 Å². The minimum atomic E-state index is -0.290. The van der Waals surface area contributed by atoms with Gasteiger partial charge < -0.3 is 15.5 Å². The number of amides is 3. The summed E-state index contributed by atoms with van der Waals surface area (Å²) in [5, 5.41) is 6.71. The van der Waals surface area contributed by atoms with Crippen LogP contribution in [0.15, 0.2) is 30.5 Å². The highest BCUT2D eigenvalue weighted by Gasteiger charge is 2.15. The molecule has 6 nitrogen and oxygen atoms in total. The first-order valence-corrected chi connectivity index (χ1v) is 8.82. The van der Waals surface area contributed by atoms with Gasteiger partial charge in [-0.3, -0.25) is 4.79 Å². The van der Waals surface area contributed by atoms with Crippen LogP contribution in [-0.2, 0) is 6.54 Å². The predicted molar refractivity (Wildman–Crippen MR) is 101 cm³/mol. The van der Waals surface area contributed by atoms with E-state index in [9.17, 15) is 9.59 Å². The SMILES string of the molecule is Cc1ncc(CN(C)C(=O)Nc2ccc(C(=O)NC(C)(C)C)cc2)s1. The molecule has 0 radical (unpaired) electrons. The van der Waals surface area contributed by atoms with E-state index < -0.39 is 0 Å². The third-order valence-electron chi connectivity index (χ3n) is 3.30. The van der Waals surface area contributed by atoms with Crippen molar-refractivity contribution in [2.75, 3.05) is 12.4 Å².